The second kappa shape index (κ2) is 11.7. The van der Waals surface area contributed by atoms with Crippen LogP contribution in [-0.2, 0) is 6.18 Å². The maximum absolute atomic E-state index is 13.3. The van der Waals surface area contributed by atoms with E-state index in [0.717, 1.165) is 30.3 Å². The highest BCUT2D eigenvalue weighted by molar-refractivity contribution is 6.26. The highest BCUT2D eigenvalue weighted by Gasteiger charge is 2.38. The molecule has 0 aromatic heterocycles. The van der Waals surface area contributed by atoms with Crippen LogP contribution >= 0.6 is 0 Å². The van der Waals surface area contributed by atoms with Gasteiger partial charge < -0.3 is 0 Å². The Labute approximate surface area is 257 Å². The molecule has 0 amide bonds. The molecule has 6 nitrogen and oxygen atoms in total. The van der Waals surface area contributed by atoms with Crippen molar-refractivity contribution in [3.63, 3.8) is 0 Å². The second-order valence-corrected chi connectivity index (χ2v) is 9.57. The summed E-state index contributed by atoms with van der Waals surface area (Å²) < 4.78 is 79.0. The minimum atomic E-state index is -4.78. The Kier molecular flexibility index (Phi) is 8.13. The molecular weight excluding hydrogens is 606 g/mol. The van der Waals surface area contributed by atoms with Crippen molar-refractivity contribution in [1.29, 1.82) is 31.6 Å². The van der Waals surface area contributed by atoms with E-state index >= 15 is 0 Å². The van der Waals surface area contributed by atoms with Crippen molar-refractivity contribution >= 4 is 27.9 Å². The Balaban J connectivity index is 2.08. The van der Waals surface area contributed by atoms with Gasteiger partial charge in [-0.15, -0.1) is 0 Å². The highest BCUT2D eigenvalue weighted by Crippen LogP contribution is 2.53. The van der Waals surface area contributed by atoms with Crippen LogP contribution in [0.4, 0.5) is 26.3 Å². The van der Waals surface area contributed by atoms with Gasteiger partial charge in [0.2, 0.25) is 0 Å². The van der Waals surface area contributed by atoms with Crippen molar-refractivity contribution in [3.8, 4) is 36.4 Å². The van der Waals surface area contributed by atoms with Gasteiger partial charge in [0.1, 0.15) is 47.6 Å². The number of rotatable bonds is 4. The molecule has 2 aliphatic carbocycles. The highest BCUT2D eigenvalue weighted by atomic mass is 19.4. The van der Waals surface area contributed by atoms with Crippen LogP contribution in [0.1, 0.15) is 33.4 Å². The third kappa shape index (κ3) is 5.25. The molecule has 4 rings (SSSR count). The summed E-state index contributed by atoms with van der Waals surface area (Å²) >= 11 is 0. The van der Waals surface area contributed by atoms with E-state index in [9.17, 15) is 57.9 Å². The third-order valence-electron chi connectivity index (χ3n) is 7.08. The minimum absolute atomic E-state index is 0.0390. The molecule has 12 heteroatoms. The molecule has 0 radical (unpaired) electrons. The molecule has 2 aromatic carbocycles. The van der Waals surface area contributed by atoms with Gasteiger partial charge in [-0.05, 0) is 46.5 Å². The van der Waals surface area contributed by atoms with E-state index in [2.05, 4.69) is 13.2 Å². The van der Waals surface area contributed by atoms with Gasteiger partial charge in [-0.1, -0.05) is 37.4 Å². The lowest BCUT2D eigenvalue weighted by Crippen LogP contribution is -2.08. The number of nitriles is 6. The van der Waals surface area contributed by atoms with Crippen LogP contribution < -0.4 is 0 Å². The number of allylic oxidation sites excluding steroid dienone is 12. The summed E-state index contributed by atoms with van der Waals surface area (Å²) in [6.45, 7) is 6.67. The maximum atomic E-state index is 13.3. The zero-order chi connectivity index (χ0) is 34.1. The Morgan fingerprint density at radius 2 is 1.11 bits per heavy atom. The van der Waals surface area contributed by atoms with Crippen LogP contribution in [0.2, 0.25) is 0 Å². The van der Waals surface area contributed by atoms with Crippen molar-refractivity contribution in [2.24, 2.45) is 0 Å². The van der Waals surface area contributed by atoms with E-state index in [1.165, 1.54) is 12.1 Å². The molecule has 0 N–H and O–H groups in total. The average Bonchev–Trinajstić information content (AvgIpc) is 3.51. The predicted molar refractivity (Wildman–Crippen MR) is 153 cm³/mol. The first-order valence-electron chi connectivity index (χ1n) is 12.6. The van der Waals surface area contributed by atoms with Gasteiger partial charge in [0.25, 0.3) is 0 Å². The Bertz CT molecular complexity index is 2160. The molecule has 0 atom stereocenters. The molecule has 0 fully saturated rings. The number of benzene rings is 2. The van der Waals surface area contributed by atoms with Crippen LogP contribution in [-0.4, -0.2) is 6.18 Å². The second-order valence-electron chi connectivity index (χ2n) is 9.57. The average molecular weight is 618 g/mol. The Morgan fingerprint density at radius 1 is 0.630 bits per heavy atom. The van der Waals surface area contributed by atoms with Gasteiger partial charge in [-0.25, -0.2) is 0 Å². The van der Waals surface area contributed by atoms with Crippen molar-refractivity contribution < 1.29 is 26.3 Å². The topological polar surface area (TPSA) is 143 Å². The maximum Gasteiger partial charge on any atom is 0.416 e. The van der Waals surface area contributed by atoms with Crippen molar-refractivity contribution in [1.82, 2.24) is 0 Å². The van der Waals surface area contributed by atoms with Crippen LogP contribution in [0.3, 0.4) is 0 Å². The van der Waals surface area contributed by atoms with Gasteiger partial charge in [0, 0.05) is 39.0 Å². The van der Waals surface area contributed by atoms with Crippen molar-refractivity contribution in [2.75, 3.05) is 0 Å². The van der Waals surface area contributed by atoms with E-state index in [1.807, 2.05) is 12.1 Å². The van der Waals surface area contributed by atoms with Gasteiger partial charge in [0.15, 0.2) is 0 Å². The van der Waals surface area contributed by atoms with E-state index < -0.39 is 34.6 Å². The van der Waals surface area contributed by atoms with E-state index in [1.54, 1.807) is 24.3 Å². The standard InChI is InChI=1S/C34H12F6N6/c1-17(3-4-18(2)33(35,36)37)29-27(15-45)23-9-26-24(10-25(23)31(29)20(11-41)12-42)28(16-46)30(32(26)21(13-43)14-44)19-5-7-22(8-6-19)34(38,39)40/h3-10H,1-2H2/b4-3-. The molecule has 0 bridgehead atoms. The quantitative estimate of drug-likeness (QED) is 0.192. The molecule has 220 valence electrons. The summed E-state index contributed by atoms with van der Waals surface area (Å²) in [5, 5.41) is 59.6. The number of fused-ring (bicyclic) bond motifs is 2. The molecule has 0 heterocycles. The fraction of sp³-hybridized carbons (Fsp3) is 0.0588. The molecular formula is C34H12F6N6. The summed E-state index contributed by atoms with van der Waals surface area (Å²) in [6.07, 6.45) is -7.94. The lowest BCUT2D eigenvalue weighted by molar-refractivity contribution is -0.137. The summed E-state index contributed by atoms with van der Waals surface area (Å²) in [4.78, 5) is 0. The first kappa shape index (κ1) is 32.1. The summed E-state index contributed by atoms with van der Waals surface area (Å²) in [7, 11) is 0. The number of halogens is 6. The molecule has 0 unspecified atom stereocenters. The SMILES string of the molecule is C=C(/C=C\C(=C)C(F)(F)F)C1=C(C#N)c2cc3c(cc2C1=C(C#N)C#N)C(C#N)=C(c1ccc(C(F)(F)F)cc1)C3=C(C#N)C#N. The van der Waals surface area contributed by atoms with Crippen LogP contribution in [0.5, 0.6) is 0 Å². The molecule has 2 aliphatic rings. The summed E-state index contributed by atoms with van der Waals surface area (Å²) in [5.74, 6) is 0. The van der Waals surface area contributed by atoms with Gasteiger partial charge in [0.05, 0.1) is 16.7 Å². The monoisotopic (exact) mass is 618 g/mol. The largest absolute Gasteiger partial charge is 0.416 e. The van der Waals surface area contributed by atoms with Gasteiger partial charge in [-0.2, -0.15) is 57.9 Å². The summed E-state index contributed by atoms with van der Waals surface area (Å²) in [6, 6.07) is 17.0. The fourth-order valence-electron chi connectivity index (χ4n) is 5.06. The minimum Gasteiger partial charge on any atom is -0.192 e. The number of hydrogen-bond donors (Lipinski definition) is 0. The molecule has 0 aliphatic heterocycles. The molecule has 0 spiro atoms. The van der Waals surface area contributed by atoms with E-state index in [4.69, 9.17) is 0 Å². The van der Waals surface area contributed by atoms with E-state index in [0.29, 0.717) is 6.08 Å². The lowest BCUT2D eigenvalue weighted by atomic mass is 9.90. The normalized spacial score (nSPS) is 13.6. The third-order valence-corrected chi connectivity index (χ3v) is 7.08. The Hall–Kier alpha value is -6.86. The van der Waals surface area contributed by atoms with Crippen LogP contribution in [0.25, 0.3) is 27.9 Å². The van der Waals surface area contributed by atoms with Crippen molar-refractivity contribution in [2.45, 2.75) is 12.4 Å². The zero-order valence-corrected chi connectivity index (χ0v) is 23.0. The van der Waals surface area contributed by atoms with Crippen LogP contribution in [0.15, 0.2) is 89.6 Å². The van der Waals surface area contributed by atoms with E-state index in [-0.39, 0.29) is 66.8 Å². The molecule has 0 saturated carbocycles. The van der Waals surface area contributed by atoms with Gasteiger partial charge >= 0.3 is 12.4 Å². The zero-order valence-electron chi connectivity index (χ0n) is 23.0. The van der Waals surface area contributed by atoms with Gasteiger partial charge in [-0.3, -0.25) is 0 Å². The number of alkyl halides is 6. The lowest BCUT2D eigenvalue weighted by Gasteiger charge is -2.11. The smallest absolute Gasteiger partial charge is 0.192 e. The van der Waals surface area contributed by atoms with Crippen molar-refractivity contribution in [3.05, 3.63) is 123 Å². The molecule has 46 heavy (non-hydrogen) atoms. The molecule has 2 aromatic rings. The summed E-state index contributed by atoms with van der Waals surface area (Å²) in [5.41, 5.74) is -4.07. The first-order chi connectivity index (χ1) is 21.7. The fourth-order valence-corrected chi connectivity index (χ4v) is 5.06. The molecule has 0 saturated heterocycles. The number of hydrogen-bond acceptors (Lipinski definition) is 6. The number of nitrogens with zero attached hydrogens (tertiary/aromatic N) is 6. The Morgan fingerprint density at radius 3 is 1.57 bits per heavy atom. The first-order valence-corrected chi connectivity index (χ1v) is 12.6. The predicted octanol–water partition coefficient (Wildman–Crippen LogP) is 8.28. The van der Waals surface area contributed by atoms with Crippen LogP contribution in [0, 0.1) is 68.0 Å².